The predicted octanol–water partition coefficient (Wildman–Crippen LogP) is 1.45. The first-order chi connectivity index (χ1) is 12.0. The summed E-state index contributed by atoms with van der Waals surface area (Å²) in [6, 6.07) is 5.61. The summed E-state index contributed by atoms with van der Waals surface area (Å²) in [6.07, 6.45) is 0. The minimum absolute atomic E-state index is 0.0102. The largest absolute Gasteiger partial charge is 0.383 e. The van der Waals surface area contributed by atoms with E-state index in [4.69, 9.17) is 9.47 Å². The van der Waals surface area contributed by atoms with Crippen molar-refractivity contribution in [1.29, 1.82) is 0 Å². The minimum atomic E-state index is -0.0102. The van der Waals surface area contributed by atoms with Crippen LogP contribution in [0.5, 0.6) is 0 Å². The second-order valence-electron chi connectivity index (χ2n) is 7.43. The molecule has 2 aliphatic rings. The van der Waals surface area contributed by atoms with Crippen LogP contribution < -0.4 is 0 Å². The first-order valence-electron chi connectivity index (χ1n) is 9.06. The third-order valence-electron chi connectivity index (χ3n) is 5.52. The fraction of sp³-hybridized carbons (Fsp3) is 0.684. The molecule has 0 aliphatic carbocycles. The lowest BCUT2D eigenvalue weighted by molar-refractivity contribution is 0.0467. The summed E-state index contributed by atoms with van der Waals surface area (Å²) < 4.78 is 11.1. The molecule has 6 nitrogen and oxygen atoms in total. The normalized spacial score (nSPS) is 27.6. The van der Waals surface area contributed by atoms with E-state index in [1.54, 1.807) is 13.2 Å². The van der Waals surface area contributed by atoms with E-state index < -0.39 is 0 Å². The molecule has 1 amide bonds. The maximum atomic E-state index is 13.0. The highest BCUT2D eigenvalue weighted by atomic mass is 16.5. The second-order valence-corrected chi connectivity index (χ2v) is 7.43. The third-order valence-corrected chi connectivity index (χ3v) is 5.52. The Hall–Kier alpha value is -1.50. The van der Waals surface area contributed by atoms with Gasteiger partial charge in [0.25, 0.3) is 5.91 Å². The Morgan fingerprint density at radius 2 is 2.28 bits per heavy atom. The summed E-state index contributed by atoms with van der Waals surface area (Å²) in [6.45, 7) is 10.5. The SMILES string of the molecule is COCCN1C[C@@H](C)[C@@]2(COCCN(C(=O)c3cccc(C)n3)C2)C1. The topological polar surface area (TPSA) is 54.9 Å². The molecule has 1 aromatic rings. The van der Waals surface area contributed by atoms with E-state index >= 15 is 0 Å². The van der Waals surface area contributed by atoms with Gasteiger partial charge < -0.3 is 19.3 Å². The Morgan fingerprint density at radius 1 is 1.44 bits per heavy atom. The number of ether oxygens (including phenoxy) is 2. The van der Waals surface area contributed by atoms with Crippen molar-refractivity contribution in [1.82, 2.24) is 14.8 Å². The molecule has 25 heavy (non-hydrogen) atoms. The van der Waals surface area contributed by atoms with Gasteiger partial charge in [-0.1, -0.05) is 13.0 Å². The van der Waals surface area contributed by atoms with Gasteiger partial charge >= 0.3 is 0 Å². The van der Waals surface area contributed by atoms with Gasteiger partial charge in [-0.15, -0.1) is 0 Å². The summed E-state index contributed by atoms with van der Waals surface area (Å²) in [4.78, 5) is 21.8. The lowest BCUT2D eigenvalue weighted by Crippen LogP contribution is -2.46. The van der Waals surface area contributed by atoms with Gasteiger partial charge in [-0.2, -0.15) is 0 Å². The number of carbonyl (C=O) groups is 1. The van der Waals surface area contributed by atoms with Crippen LogP contribution in [0.25, 0.3) is 0 Å². The third kappa shape index (κ3) is 4.02. The second kappa shape index (κ2) is 7.81. The molecule has 2 saturated heterocycles. The van der Waals surface area contributed by atoms with Crippen molar-refractivity contribution in [3.8, 4) is 0 Å². The molecule has 3 heterocycles. The van der Waals surface area contributed by atoms with Gasteiger partial charge in [0.15, 0.2) is 0 Å². The first kappa shape index (κ1) is 18.3. The van der Waals surface area contributed by atoms with E-state index in [1.165, 1.54) is 0 Å². The van der Waals surface area contributed by atoms with Crippen molar-refractivity contribution in [2.75, 3.05) is 59.7 Å². The zero-order valence-electron chi connectivity index (χ0n) is 15.5. The van der Waals surface area contributed by atoms with Crippen LogP contribution in [-0.2, 0) is 9.47 Å². The van der Waals surface area contributed by atoms with E-state index in [9.17, 15) is 4.79 Å². The van der Waals surface area contributed by atoms with E-state index in [1.807, 2.05) is 24.0 Å². The fourth-order valence-electron chi connectivity index (χ4n) is 3.98. The number of aryl methyl sites for hydroxylation is 1. The van der Waals surface area contributed by atoms with Crippen molar-refractivity contribution in [3.63, 3.8) is 0 Å². The van der Waals surface area contributed by atoms with Gasteiger partial charge in [0.05, 0.1) is 19.8 Å². The molecule has 3 rings (SSSR count). The van der Waals surface area contributed by atoms with Gasteiger partial charge in [0, 0.05) is 50.9 Å². The van der Waals surface area contributed by atoms with Crippen LogP contribution in [0.3, 0.4) is 0 Å². The molecular weight excluding hydrogens is 318 g/mol. The molecule has 1 spiro atoms. The van der Waals surface area contributed by atoms with Crippen LogP contribution in [-0.4, -0.2) is 80.3 Å². The molecular formula is C19H29N3O3. The summed E-state index contributed by atoms with van der Waals surface area (Å²) in [5.41, 5.74) is 1.38. The zero-order valence-corrected chi connectivity index (χ0v) is 15.5. The van der Waals surface area contributed by atoms with Crippen LogP contribution in [0.2, 0.25) is 0 Å². The summed E-state index contributed by atoms with van der Waals surface area (Å²) in [5, 5.41) is 0. The molecule has 0 aromatic carbocycles. The van der Waals surface area contributed by atoms with E-state index in [2.05, 4.69) is 16.8 Å². The molecule has 6 heteroatoms. The standard InChI is InChI=1S/C19H29N3O3/c1-15-11-21(7-9-24-3)12-19(15)13-22(8-10-25-14-19)18(23)17-6-4-5-16(2)20-17/h4-6,15H,7-14H2,1-3H3/t15-,19+/m1/s1. The highest BCUT2D eigenvalue weighted by molar-refractivity contribution is 5.92. The van der Waals surface area contributed by atoms with Crippen molar-refractivity contribution in [3.05, 3.63) is 29.6 Å². The van der Waals surface area contributed by atoms with Crippen LogP contribution >= 0.6 is 0 Å². The van der Waals surface area contributed by atoms with Crippen LogP contribution in [0.1, 0.15) is 23.1 Å². The molecule has 1 aromatic heterocycles. The first-order valence-corrected chi connectivity index (χ1v) is 9.06. The smallest absolute Gasteiger partial charge is 0.272 e. The number of amides is 1. The predicted molar refractivity (Wildman–Crippen MR) is 95.6 cm³/mol. The van der Waals surface area contributed by atoms with Gasteiger partial charge in [-0.3, -0.25) is 4.79 Å². The fourth-order valence-corrected chi connectivity index (χ4v) is 3.98. The maximum absolute atomic E-state index is 13.0. The van der Waals surface area contributed by atoms with E-state index in [0.717, 1.165) is 38.5 Å². The van der Waals surface area contributed by atoms with Gasteiger partial charge in [0.2, 0.25) is 0 Å². The quantitative estimate of drug-likeness (QED) is 0.825. The van der Waals surface area contributed by atoms with Gasteiger partial charge in [-0.05, 0) is 25.0 Å². The van der Waals surface area contributed by atoms with Crippen molar-refractivity contribution < 1.29 is 14.3 Å². The number of methoxy groups -OCH3 is 1. The number of nitrogens with zero attached hydrogens (tertiary/aromatic N) is 3. The summed E-state index contributed by atoms with van der Waals surface area (Å²) >= 11 is 0. The number of carbonyl (C=O) groups excluding carboxylic acids is 1. The number of hydrogen-bond acceptors (Lipinski definition) is 5. The molecule has 0 N–H and O–H groups in total. The number of aromatic nitrogens is 1. The monoisotopic (exact) mass is 347 g/mol. The molecule has 2 aliphatic heterocycles. The average Bonchev–Trinajstić information content (AvgIpc) is 2.77. The van der Waals surface area contributed by atoms with Crippen molar-refractivity contribution in [2.24, 2.45) is 11.3 Å². The molecule has 0 saturated carbocycles. The molecule has 0 bridgehead atoms. The Morgan fingerprint density at radius 3 is 3.04 bits per heavy atom. The van der Waals surface area contributed by atoms with Crippen LogP contribution in [0.4, 0.5) is 0 Å². The number of rotatable bonds is 4. The van der Waals surface area contributed by atoms with E-state index in [-0.39, 0.29) is 11.3 Å². The number of likely N-dealkylation sites (tertiary alicyclic amines) is 1. The Labute approximate surface area is 150 Å². The highest BCUT2D eigenvalue weighted by Gasteiger charge is 2.47. The van der Waals surface area contributed by atoms with Gasteiger partial charge in [0.1, 0.15) is 5.69 Å². The average molecular weight is 347 g/mol. The maximum Gasteiger partial charge on any atom is 0.272 e. The molecule has 2 fully saturated rings. The number of hydrogen-bond donors (Lipinski definition) is 0. The van der Waals surface area contributed by atoms with E-state index in [0.29, 0.717) is 31.4 Å². The van der Waals surface area contributed by atoms with Gasteiger partial charge in [-0.25, -0.2) is 4.98 Å². The Kier molecular flexibility index (Phi) is 5.71. The summed E-state index contributed by atoms with van der Waals surface area (Å²) in [7, 11) is 1.74. The lowest BCUT2D eigenvalue weighted by Gasteiger charge is -2.35. The number of pyridine rings is 1. The Bertz CT molecular complexity index is 609. The molecule has 2 atom stereocenters. The zero-order chi connectivity index (χ0) is 17.9. The van der Waals surface area contributed by atoms with Crippen LogP contribution in [0.15, 0.2) is 18.2 Å². The lowest BCUT2D eigenvalue weighted by atomic mass is 9.79. The van der Waals surface area contributed by atoms with Crippen molar-refractivity contribution in [2.45, 2.75) is 13.8 Å². The van der Waals surface area contributed by atoms with Crippen LogP contribution in [0, 0.1) is 18.3 Å². The molecule has 0 unspecified atom stereocenters. The summed E-state index contributed by atoms with van der Waals surface area (Å²) in [5.74, 6) is 0.486. The molecule has 0 radical (unpaired) electrons. The Balaban J connectivity index is 1.75. The highest BCUT2D eigenvalue weighted by Crippen LogP contribution is 2.38. The molecule has 138 valence electrons. The van der Waals surface area contributed by atoms with Crippen molar-refractivity contribution >= 4 is 5.91 Å². The minimum Gasteiger partial charge on any atom is -0.383 e.